The van der Waals surface area contributed by atoms with Gasteiger partial charge in [0.25, 0.3) is 0 Å². The Kier molecular flexibility index (Phi) is 7.48. The third-order valence-electron chi connectivity index (χ3n) is 5.18. The number of carbonyl (C=O) groups is 1. The fourth-order valence-corrected chi connectivity index (χ4v) is 8.12. The van der Waals surface area contributed by atoms with Crippen LogP contribution < -0.4 is 4.74 Å². The van der Waals surface area contributed by atoms with E-state index < -0.39 is 30.2 Å². The highest BCUT2D eigenvalue weighted by molar-refractivity contribution is 8.09. The zero-order valence-electron chi connectivity index (χ0n) is 17.5. The first-order chi connectivity index (χ1) is 15.3. The second kappa shape index (κ2) is 10.1. The average molecular weight is 473 g/mol. The minimum absolute atomic E-state index is 0.0985. The molecule has 3 aromatic carbocycles. The summed E-state index contributed by atoms with van der Waals surface area (Å²) >= 11 is 0. The number of hydrogen-bond donors (Lipinski definition) is 0. The summed E-state index contributed by atoms with van der Waals surface area (Å²) in [5.74, 6) is -0.169. The van der Waals surface area contributed by atoms with Crippen molar-refractivity contribution in [3.05, 3.63) is 90.5 Å². The zero-order chi connectivity index (χ0) is 23.2. The number of ether oxygens (including phenoxy) is 1. The molecule has 0 saturated heterocycles. The number of sulfone groups is 2. The van der Waals surface area contributed by atoms with Crippen LogP contribution in [0.25, 0.3) is 0 Å². The molecule has 1 atom stereocenters. The van der Waals surface area contributed by atoms with Gasteiger partial charge in [0.05, 0.1) is 16.9 Å². The molecule has 0 spiro atoms. The van der Waals surface area contributed by atoms with Gasteiger partial charge in [-0.2, -0.15) is 0 Å². The standard InChI is InChI=1S/C24H24O6S2/c1-30-21-14-12-19(13-15-21)16-20(18-25)17-24(31(26,27)22-8-4-2-5-9-22)32(28,29)23-10-6-3-7-11-23/h2-15,18,20,24H,16-17H2,1H3/t20-/m1/s1. The first-order valence-corrected chi connectivity index (χ1v) is 13.0. The highest BCUT2D eigenvalue weighted by Gasteiger charge is 2.41. The van der Waals surface area contributed by atoms with Crippen LogP contribution in [0.15, 0.2) is 94.7 Å². The lowest BCUT2D eigenvalue weighted by molar-refractivity contribution is -0.111. The summed E-state index contributed by atoms with van der Waals surface area (Å²) in [6, 6.07) is 21.9. The van der Waals surface area contributed by atoms with Crippen molar-refractivity contribution in [2.45, 2.75) is 27.2 Å². The van der Waals surface area contributed by atoms with Gasteiger partial charge in [0.15, 0.2) is 24.3 Å². The van der Waals surface area contributed by atoms with Crippen molar-refractivity contribution in [2.24, 2.45) is 5.92 Å². The predicted octanol–water partition coefficient (Wildman–Crippen LogP) is 3.72. The van der Waals surface area contributed by atoms with E-state index in [4.69, 9.17) is 4.74 Å². The summed E-state index contributed by atoms with van der Waals surface area (Å²) < 4.78 is 57.0. The molecule has 8 heteroatoms. The van der Waals surface area contributed by atoms with E-state index in [1.165, 1.54) is 55.6 Å². The van der Waals surface area contributed by atoms with Crippen LogP contribution >= 0.6 is 0 Å². The van der Waals surface area contributed by atoms with Crippen molar-refractivity contribution < 1.29 is 26.4 Å². The van der Waals surface area contributed by atoms with Crippen LogP contribution in [0.2, 0.25) is 0 Å². The second-order valence-corrected chi connectivity index (χ2v) is 11.9. The van der Waals surface area contributed by atoms with Gasteiger partial charge in [-0.25, -0.2) is 16.8 Å². The number of benzene rings is 3. The molecule has 168 valence electrons. The first kappa shape index (κ1) is 23.7. The van der Waals surface area contributed by atoms with Crippen LogP contribution in [-0.4, -0.2) is 34.8 Å². The zero-order valence-corrected chi connectivity index (χ0v) is 19.1. The van der Waals surface area contributed by atoms with Crippen LogP contribution in [0.3, 0.4) is 0 Å². The van der Waals surface area contributed by atoms with Crippen LogP contribution in [0.4, 0.5) is 0 Å². The molecule has 0 aliphatic heterocycles. The van der Waals surface area contributed by atoms with E-state index in [2.05, 4.69) is 0 Å². The van der Waals surface area contributed by atoms with Crippen LogP contribution in [-0.2, 0) is 30.9 Å². The molecule has 0 aromatic heterocycles. The highest BCUT2D eigenvalue weighted by atomic mass is 32.3. The van der Waals surface area contributed by atoms with Crippen molar-refractivity contribution in [3.63, 3.8) is 0 Å². The predicted molar refractivity (Wildman–Crippen MR) is 122 cm³/mol. The lowest BCUT2D eigenvalue weighted by atomic mass is 9.98. The maximum Gasteiger partial charge on any atom is 0.195 e. The summed E-state index contributed by atoms with van der Waals surface area (Å²) in [5, 5.41) is 0. The second-order valence-electron chi connectivity index (χ2n) is 7.33. The minimum Gasteiger partial charge on any atom is -0.497 e. The van der Waals surface area contributed by atoms with Crippen LogP contribution in [0.5, 0.6) is 5.75 Å². The molecule has 0 saturated carbocycles. The van der Waals surface area contributed by atoms with E-state index in [1.807, 2.05) is 0 Å². The monoisotopic (exact) mass is 472 g/mol. The number of carbonyl (C=O) groups excluding carboxylic acids is 1. The molecule has 0 radical (unpaired) electrons. The number of rotatable bonds is 10. The van der Waals surface area contributed by atoms with Gasteiger partial charge in [0.2, 0.25) is 0 Å². The molecule has 0 N–H and O–H groups in total. The molecule has 0 aliphatic carbocycles. The Morgan fingerprint density at radius 2 is 1.22 bits per heavy atom. The Morgan fingerprint density at radius 3 is 1.62 bits per heavy atom. The van der Waals surface area contributed by atoms with Gasteiger partial charge < -0.3 is 9.53 Å². The van der Waals surface area contributed by atoms with E-state index in [0.29, 0.717) is 12.0 Å². The van der Waals surface area contributed by atoms with Crippen molar-refractivity contribution in [2.75, 3.05) is 7.11 Å². The Morgan fingerprint density at radius 1 is 0.750 bits per heavy atom. The van der Waals surface area contributed by atoms with Gasteiger partial charge in [-0.1, -0.05) is 48.5 Å². The van der Waals surface area contributed by atoms with Gasteiger partial charge in [-0.05, 0) is 54.8 Å². The average Bonchev–Trinajstić information content (AvgIpc) is 2.83. The molecule has 3 rings (SSSR count). The maximum absolute atomic E-state index is 13.4. The van der Waals surface area contributed by atoms with Gasteiger partial charge in [-0.15, -0.1) is 0 Å². The Labute approximate surface area is 188 Å². The number of hydrogen-bond acceptors (Lipinski definition) is 6. The molecule has 0 amide bonds. The largest absolute Gasteiger partial charge is 0.497 e. The molecule has 0 fully saturated rings. The van der Waals surface area contributed by atoms with Crippen molar-refractivity contribution in [1.82, 2.24) is 0 Å². The van der Waals surface area contributed by atoms with Crippen LogP contribution in [0.1, 0.15) is 12.0 Å². The molecule has 0 heterocycles. The summed E-state index contributed by atoms with van der Waals surface area (Å²) in [7, 11) is -7.03. The van der Waals surface area contributed by atoms with E-state index in [9.17, 15) is 21.6 Å². The van der Waals surface area contributed by atoms with Crippen molar-refractivity contribution >= 4 is 26.0 Å². The fraction of sp³-hybridized carbons (Fsp3) is 0.208. The third kappa shape index (κ3) is 5.26. The molecule has 32 heavy (non-hydrogen) atoms. The summed E-state index contributed by atoms with van der Waals surface area (Å²) in [5.41, 5.74) is 0.774. The van der Waals surface area contributed by atoms with Crippen molar-refractivity contribution in [3.8, 4) is 5.75 Å². The van der Waals surface area contributed by atoms with Gasteiger partial charge in [0.1, 0.15) is 12.0 Å². The van der Waals surface area contributed by atoms with E-state index in [-0.39, 0.29) is 22.6 Å². The Bertz CT molecular complexity index is 1170. The highest BCUT2D eigenvalue weighted by Crippen LogP contribution is 2.31. The van der Waals surface area contributed by atoms with E-state index >= 15 is 0 Å². The SMILES string of the molecule is COc1ccc(C[C@@H](C=O)CC(S(=O)(=O)c2ccccc2)S(=O)(=O)c2ccccc2)cc1. The van der Waals surface area contributed by atoms with Crippen molar-refractivity contribution in [1.29, 1.82) is 0 Å². The third-order valence-corrected chi connectivity index (χ3v) is 10.3. The molecule has 6 nitrogen and oxygen atoms in total. The molecule has 0 unspecified atom stereocenters. The molecular weight excluding hydrogens is 448 g/mol. The molecule has 0 bridgehead atoms. The minimum atomic E-state index is -4.28. The summed E-state index contributed by atoms with van der Waals surface area (Å²) in [6.45, 7) is 0. The van der Waals surface area contributed by atoms with Crippen LogP contribution in [0, 0.1) is 5.92 Å². The lowest BCUT2D eigenvalue weighted by Gasteiger charge is -2.21. The first-order valence-electron chi connectivity index (χ1n) is 9.95. The summed E-state index contributed by atoms with van der Waals surface area (Å²) in [4.78, 5) is 11.7. The van der Waals surface area contributed by atoms with Gasteiger partial charge in [-0.3, -0.25) is 0 Å². The van der Waals surface area contributed by atoms with E-state index in [0.717, 1.165) is 5.56 Å². The fourth-order valence-electron chi connectivity index (χ4n) is 3.44. The lowest BCUT2D eigenvalue weighted by Crippen LogP contribution is -2.33. The quantitative estimate of drug-likeness (QED) is 0.418. The van der Waals surface area contributed by atoms with Gasteiger partial charge >= 0.3 is 0 Å². The number of methoxy groups -OCH3 is 1. The summed E-state index contributed by atoms with van der Waals surface area (Å²) in [6.07, 6.45) is 0.473. The Balaban J connectivity index is 2.00. The topological polar surface area (TPSA) is 94.6 Å². The molecule has 0 aliphatic rings. The normalized spacial score (nSPS) is 12.9. The maximum atomic E-state index is 13.4. The smallest absolute Gasteiger partial charge is 0.195 e. The molecular formula is C24H24O6S2. The Hall–Kier alpha value is -2.97. The molecule has 3 aromatic rings. The number of aldehydes is 1. The van der Waals surface area contributed by atoms with Gasteiger partial charge in [0, 0.05) is 5.92 Å². The van der Waals surface area contributed by atoms with E-state index in [1.54, 1.807) is 36.4 Å².